The second-order valence-electron chi connectivity index (χ2n) is 9.00. The van der Waals surface area contributed by atoms with E-state index >= 15 is 0 Å². The summed E-state index contributed by atoms with van der Waals surface area (Å²) in [6.07, 6.45) is 8.61. The molecule has 0 fully saturated rings. The van der Waals surface area contributed by atoms with Crippen molar-refractivity contribution in [2.24, 2.45) is 5.92 Å². The summed E-state index contributed by atoms with van der Waals surface area (Å²) >= 11 is 0. The number of unbranched alkanes of at least 4 members (excludes halogenated alkanes) is 5. The highest BCUT2D eigenvalue weighted by Crippen LogP contribution is 2.07. The number of hydrogen-bond donors (Lipinski definition) is 0. The summed E-state index contributed by atoms with van der Waals surface area (Å²) in [5.41, 5.74) is 0. The van der Waals surface area contributed by atoms with Crippen molar-refractivity contribution in [3.05, 3.63) is 0 Å². The third-order valence-electron chi connectivity index (χ3n) is 5.56. The van der Waals surface area contributed by atoms with Crippen LogP contribution in [0.3, 0.4) is 0 Å². The van der Waals surface area contributed by atoms with Gasteiger partial charge in [0.1, 0.15) is 6.61 Å². The van der Waals surface area contributed by atoms with Crippen LogP contribution < -0.4 is 0 Å². The first kappa shape index (κ1) is 36.2. The predicted molar refractivity (Wildman–Crippen MR) is 144 cm³/mol. The number of hydrogen-bond acceptors (Lipinski definition) is 9. The Kier molecular flexibility index (Phi) is 30.7. The summed E-state index contributed by atoms with van der Waals surface area (Å²) in [5.74, 6) is 0.464. The molecule has 9 nitrogen and oxygen atoms in total. The maximum Gasteiger partial charge on any atom is 0.305 e. The zero-order chi connectivity index (χ0) is 27.1. The van der Waals surface area contributed by atoms with E-state index < -0.39 is 0 Å². The summed E-state index contributed by atoms with van der Waals surface area (Å²) in [4.78, 5) is 11.6. The van der Waals surface area contributed by atoms with E-state index in [0.29, 0.717) is 105 Å². The molecule has 0 bridgehead atoms. The highest BCUT2D eigenvalue weighted by Gasteiger charge is 2.02. The highest BCUT2D eigenvalue weighted by atomic mass is 16.6. The van der Waals surface area contributed by atoms with E-state index in [4.69, 9.17) is 37.9 Å². The lowest BCUT2D eigenvalue weighted by Crippen LogP contribution is -2.15. The first-order valence-corrected chi connectivity index (χ1v) is 14.4. The van der Waals surface area contributed by atoms with Gasteiger partial charge in [0, 0.05) is 13.0 Å². The average molecular weight is 537 g/mol. The van der Waals surface area contributed by atoms with Crippen molar-refractivity contribution in [3.8, 4) is 0 Å². The zero-order valence-corrected chi connectivity index (χ0v) is 24.0. The van der Waals surface area contributed by atoms with Gasteiger partial charge in [0.2, 0.25) is 0 Å². The average Bonchev–Trinajstić information content (AvgIpc) is 2.90. The van der Waals surface area contributed by atoms with Crippen molar-refractivity contribution in [3.63, 3.8) is 0 Å². The van der Waals surface area contributed by atoms with Gasteiger partial charge in [-0.05, 0) is 12.3 Å². The van der Waals surface area contributed by atoms with Gasteiger partial charge in [0.05, 0.1) is 85.9 Å². The van der Waals surface area contributed by atoms with Crippen molar-refractivity contribution in [2.45, 2.75) is 72.1 Å². The van der Waals surface area contributed by atoms with Crippen LogP contribution in [0.4, 0.5) is 0 Å². The fourth-order valence-corrected chi connectivity index (χ4v) is 3.06. The summed E-state index contributed by atoms with van der Waals surface area (Å²) in [5, 5.41) is 0. The van der Waals surface area contributed by atoms with Crippen molar-refractivity contribution < 1.29 is 42.7 Å². The molecule has 0 heterocycles. The first-order chi connectivity index (χ1) is 18.2. The first-order valence-electron chi connectivity index (χ1n) is 14.4. The molecule has 37 heavy (non-hydrogen) atoms. The van der Waals surface area contributed by atoms with Crippen LogP contribution in [0.2, 0.25) is 0 Å². The van der Waals surface area contributed by atoms with E-state index in [2.05, 4.69) is 20.8 Å². The van der Waals surface area contributed by atoms with E-state index in [0.717, 1.165) is 25.9 Å². The van der Waals surface area contributed by atoms with Gasteiger partial charge >= 0.3 is 5.97 Å². The van der Waals surface area contributed by atoms with Crippen molar-refractivity contribution in [1.29, 1.82) is 0 Å². The van der Waals surface area contributed by atoms with Crippen LogP contribution in [0.1, 0.15) is 72.1 Å². The Morgan fingerprint density at radius 1 is 0.514 bits per heavy atom. The van der Waals surface area contributed by atoms with Crippen LogP contribution in [0.15, 0.2) is 0 Å². The number of carbonyl (C=O) groups is 1. The Bertz CT molecular complexity index is 451. The lowest BCUT2D eigenvalue weighted by atomic mass is 10.1. The van der Waals surface area contributed by atoms with Gasteiger partial charge in [-0.3, -0.25) is 4.79 Å². The normalized spacial score (nSPS) is 12.2. The van der Waals surface area contributed by atoms with E-state index in [-0.39, 0.29) is 5.97 Å². The van der Waals surface area contributed by atoms with E-state index in [9.17, 15) is 4.79 Å². The maximum atomic E-state index is 11.6. The molecule has 0 aromatic heterocycles. The fraction of sp³-hybridized carbons (Fsp3) is 0.964. The van der Waals surface area contributed by atoms with Gasteiger partial charge in [-0.25, -0.2) is 0 Å². The quantitative estimate of drug-likeness (QED) is 0.0942. The number of ether oxygens (including phenoxy) is 8. The van der Waals surface area contributed by atoms with Gasteiger partial charge in [-0.15, -0.1) is 0 Å². The second-order valence-corrected chi connectivity index (χ2v) is 9.00. The van der Waals surface area contributed by atoms with Crippen LogP contribution in [0, 0.1) is 5.92 Å². The Labute approximate surface area is 226 Å². The largest absolute Gasteiger partial charge is 0.463 e. The van der Waals surface area contributed by atoms with E-state index in [1.807, 2.05) is 0 Å². The molecule has 0 aliphatic heterocycles. The minimum atomic E-state index is -0.136. The van der Waals surface area contributed by atoms with Crippen LogP contribution >= 0.6 is 0 Å². The van der Waals surface area contributed by atoms with Gasteiger partial charge in [-0.2, -0.15) is 0 Å². The Morgan fingerprint density at radius 3 is 1.32 bits per heavy atom. The molecule has 0 radical (unpaired) electrons. The van der Waals surface area contributed by atoms with Crippen LogP contribution in [0.5, 0.6) is 0 Å². The molecular formula is C28H56O9. The SMILES string of the molecule is CCCCCCCCC(=O)OCCOCCOCCOCCOCCOCCOCCOCC(C)CC. The molecule has 0 aliphatic carbocycles. The molecule has 0 amide bonds. The fourth-order valence-electron chi connectivity index (χ4n) is 3.06. The third-order valence-corrected chi connectivity index (χ3v) is 5.56. The summed E-state index contributed by atoms with van der Waals surface area (Å²) in [7, 11) is 0. The lowest BCUT2D eigenvalue weighted by molar-refractivity contribution is -0.145. The molecule has 1 unspecified atom stereocenters. The van der Waals surface area contributed by atoms with Gasteiger partial charge in [0.25, 0.3) is 0 Å². The Hall–Kier alpha value is -0.810. The second kappa shape index (κ2) is 31.4. The van der Waals surface area contributed by atoms with Gasteiger partial charge in [-0.1, -0.05) is 59.3 Å². The molecule has 0 saturated heterocycles. The molecule has 222 valence electrons. The summed E-state index contributed by atoms with van der Waals surface area (Å²) < 4.78 is 43.4. The molecule has 1 atom stereocenters. The van der Waals surface area contributed by atoms with Gasteiger partial charge in [0.15, 0.2) is 0 Å². The van der Waals surface area contributed by atoms with Crippen molar-refractivity contribution in [1.82, 2.24) is 0 Å². The summed E-state index contributed by atoms with van der Waals surface area (Å²) in [6, 6.07) is 0. The number of rotatable bonds is 31. The van der Waals surface area contributed by atoms with E-state index in [1.165, 1.54) is 25.7 Å². The number of esters is 1. The Balaban J connectivity index is 3.11. The molecule has 0 saturated carbocycles. The molecule has 0 aliphatic rings. The minimum Gasteiger partial charge on any atom is -0.463 e. The standard InChI is InChI=1S/C28H56O9/c1-4-6-7-8-9-10-11-28(29)37-25-24-35-21-20-33-17-16-31-13-12-30-14-15-32-18-19-34-22-23-36-26-27(3)5-2/h27H,4-26H2,1-3H3. The third kappa shape index (κ3) is 31.3. The molecule has 0 aromatic rings. The maximum absolute atomic E-state index is 11.6. The van der Waals surface area contributed by atoms with Crippen LogP contribution in [-0.4, -0.2) is 105 Å². The summed E-state index contributed by atoms with van der Waals surface area (Å²) in [6.45, 7) is 14.4. The Morgan fingerprint density at radius 2 is 0.892 bits per heavy atom. The molecule has 0 spiro atoms. The number of carbonyl (C=O) groups excluding carboxylic acids is 1. The molecular weight excluding hydrogens is 480 g/mol. The van der Waals surface area contributed by atoms with Crippen LogP contribution in [0.25, 0.3) is 0 Å². The van der Waals surface area contributed by atoms with Gasteiger partial charge < -0.3 is 37.9 Å². The topological polar surface area (TPSA) is 90.9 Å². The molecule has 0 aromatic carbocycles. The smallest absolute Gasteiger partial charge is 0.305 e. The highest BCUT2D eigenvalue weighted by molar-refractivity contribution is 5.69. The zero-order valence-electron chi connectivity index (χ0n) is 24.0. The monoisotopic (exact) mass is 536 g/mol. The van der Waals surface area contributed by atoms with Crippen molar-refractivity contribution in [2.75, 3.05) is 99.1 Å². The minimum absolute atomic E-state index is 0.136. The van der Waals surface area contributed by atoms with Crippen molar-refractivity contribution >= 4 is 5.97 Å². The predicted octanol–water partition coefficient (Wildman–Crippen LogP) is 4.44. The molecule has 0 rings (SSSR count). The molecule has 9 heteroatoms. The van der Waals surface area contributed by atoms with E-state index in [1.54, 1.807) is 0 Å². The molecule has 0 N–H and O–H groups in total. The van der Waals surface area contributed by atoms with Crippen LogP contribution in [-0.2, 0) is 42.7 Å². The lowest BCUT2D eigenvalue weighted by Gasteiger charge is -2.10.